The maximum Gasteiger partial charge on any atom is 0.0936 e. The van der Waals surface area contributed by atoms with Crippen molar-refractivity contribution in [3.05, 3.63) is 29.6 Å². The minimum Gasteiger partial charge on any atom is -0.372 e. The van der Waals surface area contributed by atoms with Gasteiger partial charge in [-0.25, -0.2) is 0 Å². The van der Waals surface area contributed by atoms with Gasteiger partial charge in [0.25, 0.3) is 0 Å². The van der Waals surface area contributed by atoms with Crippen molar-refractivity contribution >= 4 is 0 Å². The Morgan fingerprint density at radius 2 is 2.43 bits per heavy atom. The van der Waals surface area contributed by atoms with E-state index in [0.29, 0.717) is 6.10 Å². The molecule has 0 N–H and O–H groups in total. The van der Waals surface area contributed by atoms with Crippen LogP contribution in [-0.2, 0) is 17.7 Å². The van der Waals surface area contributed by atoms with Gasteiger partial charge in [-0.05, 0) is 23.6 Å². The number of rotatable bonds is 2. The minimum atomic E-state index is 0.512. The third-order valence-corrected chi connectivity index (χ3v) is 2.96. The second-order valence-corrected chi connectivity index (χ2v) is 4.08. The zero-order valence-electron chi connectivity index (χ0n) is 8.15. The van der Waals surface area contributed by atoms with E-state index in [2.05, 4.69) is 16.0 Å². The standard InChI is InChI=1S/C11H14N2O/c1-3-12-5-9-2-4-13(6-10(1)9)7-11-8-14-11/h1,3,5,11H,2,4,6-8H2. The third-order valence-electron chi connectivity index (χ3n) is 2.96. The van der Waals surface area contributed by atoms with Crippen molar-refractivity contribution in [3.8, 4) is 0 Å². The van der Waals surface area contributed by atoms with Crippen molar-refractivity contribution < 1.29 is 4.74 Å². The molecule has 2 aliphatic heterocycles. The molecule has 1 saturated heterocycles. The van der Waals surface area contributed by atoms with Crippen molar-refractivity contribution in [2.24, 2.45) is 0 Å². The fourth-order valence-electron chi connectivity index (χ4n) is 2.05. The fraction of sp³-hybridized carbons (Fsp3) is 0.545. The van der Waals surface area contributed by atoms with Gasteiger partial charge in [-0.15, -0.1) is 0 Å². The smallest absolute Gasteiger partial charge is 0.0936 e. The monoisotopic (exact) mass is 190 g/mol. The molecule has 1 fully saturated rings. The molecule has 0 aromatic carbocycles. The van der Waals surface area contributed by atoms with Gasteiger partial charge in [0.15, 0.2) is 0 Å². The molecule has 1 unspecified atom stereocenters. The van der Waals surface area contributed by atoms with Crippen LogP contribution < -0.4 is 0 Å². The number of nitrogens with zero attached hydrogens (tertiary/aromatic N) is 2. The molecule has 3 nitrogen and oxygen atoms in total. The highest BCUT2D eigenvalue weighted by Crippen LogP contribution is 2.20. The van der Waals surface area contributed by atoms with Crippen molar-refractivity contribution in [1.29, 1.82) is 0 Å². The Balaban J connectivity index is 1.72. The van der Waals surface area contributed by atoms with Gasteiger partial charge in [0.2, 0.25) is 0 Å². The number of epoxide rings is 1. The Kier molecular flexibility index (Phi) is 2.00. The molecule has 0 radical (unpaired) electrons. The van der Waals surface area contributed by atoms with Crippen LogP contribution in [0.4, 0.5) is 0 Å². The summed E-state index contributed by atoms with van der Waals surface area (Å²) in [6.07, 6.45) is 5.53. The first-order chi connectivity index (χ1) is 6.92. The average Bonchev–Trinajstić information content (AvgIpc) is 3.02. The molecule has 0 amide bonds. The highest BCUT2D eigenvalue weighted by molar-refractivity contribution is 5.25. The van der Waals surface area contributed by atoms with Crippen molar-refractivity contribution in [2.75, 3.05) is 19.7 Å². The van der Waals surface area contributed by atoms with Crippen molar-refractivity contribution in [3.63, 3.8) is 0 Å². The Hall–Kier alpha value is -0.930. The first-order valence-electron chi connectivity index (χ1n) is 5.17. The van der Waals surface area contributed by atoms with Crippen LogP contribution in [0.1, 0.15) is 11.1 Å². The van der Waals surface area contributed by atoms with E-state index in [1.54, 1.807) is 0 Å². The normalized spacial score (nSPS) is 25.9. The molecule has 3 heterocycles. The second-order valence-electron chi connectivity index (χ2n) is 4.08. The molecule has 74 valence electrons. The number of aromatic nitrogens is 1. The molecule has 2 aliphatic rings. The maximum atomic E-state index is 5.25. The zero-order valence-corrected chi connectivity index (χ0v) is 8.15. The van der Waals surface area contributed by atoms with Gasteiger partial charge in [-0.3, -0.25) is 9.88 Å². The van der Waals surface area contributed by atoms with Crippen molar-refractivity contribution in [1.82, 2.24) is 9.88 Å². The summed E-state index contributed by atoms with van der Waals surface area (Å²) in [5.74, 6) is 0. The van der Waals surface area contributed by atoms with E-state index in [0.717, 1.165) is 32.7 Å². The molecule has 3 heteroatoms. The number of pyridine rings is 1. The number of hydrogen-bond donors (Lipinski definition) is 0. The lowest BCUT2D eigenvalue weighted by Crippen LogP contribution is -2.33. The predicted octanol–water partition coefficient (Wildman–Crippen LogP) is 0.839. The summed E-state index contributed by atoms with van der Waals surface area (Å²) in [5.41, 5.74) is 2.85. The van der Waals surface area contributed by atoms with E-state index in [1.807, 2.05) is 12.4 Å². The van der Waals surface area contributed by atoms with Crippen LogP contribution in [0.3, 0.4) is 0 Å². The molecular formula is C11H14N2O. The van der Waals surface area contributed by atoms with E-state index in [1.165, 1.54) is 11.1 Å². The lowest BCUT2D eigenvalue weighted by molar-refractivity contribution is 0.226. The second kappa shape index (κ2) is 3.33. The summed E-state index contributed by atoms with van der Waals surface area (Å²) in [4.78, 5) is 6.63. The SMILES string of the molecule is c1cc2c(cn1)CCN(CC1CO1)C2. The molecule has 1 aromatic heterocycles. The van der Waals surface area contributed by atoms with E-state index in [-0.39, 0.29) is 0 Å². The quantitative estimate of drug-likeness (QED) is 0.647. The van der Waals surface area contributed by atoms with Gasteiger partial charge in [0.05, 0.1) is 12.7 Å². The average molecular weight is 190 g/mol. The minimum absolute atomic E-state index is 0.512. The van der Waals surface area contributed by atoms with E-state index in [9.17, 15) is 0 Å². The molecule has 14 heavy (non-hydrogen) atoms. The van der Waals surface area contributed by atoms with Crippen LogP contribution in [0.5, 0.6) is 0 Å². The molecule has 0 bridgehead atoms. The van der Waals surface area contributed by atoms with Crippen LogP contribution >= 0.6 is 0 Å². The third kappa shape index (κ3) is 1.65. The number of hydrogen-bond acceptors (Lipinski definition) is 3. The summed E-state index contributed by atoms with van der Waals surface area (Å²) >= 11 is 0. The van der Waals surface area contributed by atoms with Gasteiger partial charge in [0.1, 0.15) is 0 Å². The largest absolute Gasteiger partial charge is 0.372 e. The maximum absolute atomic E-state index is 5.25. The van der Waals surface area contributed by atoms with Crippen LogP contribution in [0, 0.1) is 0 Å². The van der Waals surface area contributed by atoms with Crippen molar-refractivity contribution in [2.45, 2.75) is 19.1 Å². The van der Waals surface area contributed by atoms with Crippen LogP contribution in [0.25, 0.3) is 0 Å². The van der Waals surface area contributed by atoms with Gasteiger partial charge < -0.3 is 4.74 Å². The molecule has 3 rings (SSSR count). The molecule has 0 spiro atoms. The number of fused-ring (bicyclic) bond motifs is 1. The van der Waals surface area contributed by atoms with Crippen LogP contribution in [0.15, 0.2) is 18.5 Å². The number of ether oxygens (including phenoxy) is 1. The Morgan fingerprint density at radius 1 is 1.50 bits per heavy atom. The van der Waals surface area contributed by atoms with Gasteiger partial charge in [-0.2, -0.15) is 0 Å². The Labute approximate surface area is 83.7 Å². The first-order valence-corrected chi connectivity index (χ1v) is 5.17. The molecule has 0 aliphatic carbocycles. The molecule has 1 atom stereocenters. The van der Waals surface area contributed by atoms with E-state index < -0.39 is 0 Å². The summed E-state index contributed by atoms with van der Waals surface area (Å²) in [5, 5.41) is 0. The summed E-state index contributed by atoms with van der Waals surface area (Å²) in [7, 11) is 0. The summed E-state index contributed by atoms with van der Waals surface area (Å²) < 4.78 is 5.25. The molecule has 0 saturated carbocycles. The molecular weight excluding hydrogens is 176 g/mol. The Bertz CT molecular complexity index is 336. The first kappa shape index (κ1) is 8.38. The lowest BCUT2D eigenvalue weighted by Gasteiger charge is -2.27. The van der Waals surface area contributed by atoms with Gasteiger partial charge in [0, 0.05) is 32.0 Å². The van der Waals surface area contributed by atoms with Crippen LogP contribution in [-0.4, -0.2) is 35.7 Å². The summed E-state index contributed by atoms with van der Waals surface area (Å²) in [6, 6.07) is 2.13. The van der Waals surface area contributed by atoms with Crippen LogP contribution in [0.2, 0.25) is 0 Å². The predicted molar refractivity (Wildman–Crippen MR) is 53.0 cm³/mol. The fourth-order valence-corrected chi connectivity index (χ4v) is 2.05. The van der Waals surface area contributed by atoms with E-state index in [4.69, 9.17) is 4.74 Å². The summed E-state index contributed by atoms with van der Waals surface area (Å²) in [6.45, 7) is 4.28. The highest BCUT2D eigenvalue weighted by atomic mass is 16.6. The zero-order chi connectivity index (χ0) is 9.38. The van der Waals surface area contributed by atoms with Gasteiger partial charge in [-0.1, -0.05) is 0 Å². The highest BCUT2D eigenvalue weighted by Gasteiger charge is 2.27. The van der Waals surface area contributed by atoms with E-state index >= 15 is 0 Å². The lowest BCUT2D eigenvalue weighted by atomic mass is 10.0. The topological polar surface area (TPSA) is 28.7 Å². The Morgan fingerprint density at radius 3 is 3.29 bits per heavy atom. The van der Waals surface area contributed by atoms with Gasteiger partial charge >= 0.3 is 0 Å². The molecule has 1 aromatic rings.